The molecule has 0 bridgehead atoms. The minimum absolute atomic E-state index is 0.0310. The normalized spacial score (nSPS) is 23.2. The first-order chi connectivity index (χ1) is 9.00. The Labute approximate surface area is 111 Å². The molecule has 102 valence electrons. The molecule has 0 spiro atoms. The summed E-state index contributed by atoms with van der Waals surface area (Å²) in [5.74, 6) is -0.270. The van der Waals surface area contributed by atoms with E-state index in [1.807, 2.05) is 13.8 Å². The lowest BCUT2D eigenvalue weighted by molar-refractivity contribution is -0.385. The van der Waals surface area contributed by atoms with Gasteiger partial charge in [0.25, 0.3) is 11.6 Å². The molecule has 19 heavy (non-hydrogen) atoms. The highest BCUT2D eigenvalue weighted by Crippen LogP contribution is 2.21. The number of piperazine rings is 1. The van der Waals surface area contributed by atoms with Gasteiger partial charge in [-0.2, -0.15) is 0 Å². The van der Waals surface area contributed by atoms with Crippen molar-refractivity contribution in [3.63, 3.8) is 0 Å². The first-order valence-corrected chi connectivity index (χ1v) is 6.28. The number of carbonyl (C=O) groups is 1. The van der Waals surface area contributed by atoms with E-state index in [0.29, 0.717) is 13.1 Å². The summed E-state index contributed by atoms with van der Waals surface area (Å²) < 4.78 is 0. The van der Waals surface area contributed by atoms with Crippen molar-refractivity contribution in [2.24, 2.45) is 0 Å². The lowest BCUT2D eigenvalue weighted by Gasteiger charge is -2.37. The average molecular weight is 263 g/mol. The number of nitro groups is 1. The van der Waals surface area contributed by atoms with Crippen molar-refractivity contribution in [2.75, 3.05) is 13.1 Å². The van der Waals surface area contributed by atoms with Gasteiger partial charge in [0.1, 0.15) is 5.56 Å². The van der Waals surface area contributed by atoms with E-state index >= 15 is 0 Å². The third kappa shape index (κ3) is 2.73. The molecule has 0 aliphatic carbocycles. The van der Waals surface area contributed by atoms with Gasteiger partial charge in [0.05, 0.1) is 4.92 Å². The van der Waals surface area contributed by atoms with Crippen LogP contribution in [0.25, 0.3) is 0 Å². The number of nitro benzene ring substituents is 1. The number of hydrogen-bond donors (Lipinski definition) is 1. The van der Waals surface area contributed by atoms with Gasteiger partial charge >= 0.3 is 0 Å². The Morgan fingerprint density at radius 1 is 1.42 bits per heavy atom. The molecule has 1 aromatic carbocycles. The molecule has 1 heterocycles. The summed E-state index contributed by atoms with van der Waals surface area (Å²) in [5.41, 5.74) is 0.0272. The highest BCUT2D eigenvalue weighted by Gasteiger charge is 2.30. The number of nitrogens with zero attached hydrogens (tertiary/aromatic N) is 2. The molecule has 0 saturated carbocycles. The molecule has 0 radical (unpaired) electrons. The van der Waals surface area contributed by atoms with Crippen molar-refractivity contribution in [3.8, 4) is 0 Å². The molecule has 6 nitrogen and oxygen atoms in total. The van der Waals surface area contributed by atoms with E-state index in [4.69, 9.17) is 0 Å². The third-order valence-corrected chi connectivity index (χ3v) is 3.36. The van der Waals surface area contributed by atoms with Crippen LogP contribution < -0.4 is 5.32 Å². The lowest BCUT2D eigenvalue weighted by atomic mass is 10.1. The zero-order valence-corrected chi connectivity index (χ0v) is 11.0. The number of hydrogen-bond acceptors (Lipinski definition) is 4. The Morgan fingerprint density at radius 2 is 2.11 bits per heavy atom. The van der Waals surface area contributed by atoms with Gasteiger partial charge in [-0.15, -0.1) is 0 Å². The number of amides is 1. The van der Waals surface area contributed by atoms with Crippen LogP contribution >= 0.6 is 0 Å². The van der Waals surface area contributed by atoms with Crippen LogP contribution in [0.5, 0.6) is 0 Å². The van der Waals surface area contributed by atoms with Crippen LogP contribution in [0.2, 0.25) is 0 Å². The summed E-state index contributed by atoms with van der Waals surface area (Å²) in [4.78, 5) is 24.6. The molecule has 1 aliphatic rings. The molecule has 1 saturated heterocycles. The second-order valence-electron chi connectivity index (χ2n) is 4.89. The van der Waals surface area contributed by atoms with Gasteiger partial charge < -0.3 is 10.2 Å². The fourth-order valence-corrected chi connectivity index (χ4v) is 2.27. The standard InChI is InChI=1S/C13H17N3O3/c1-9-8-15(10(2)7-14-9)13(17)11-5-3-4-6-12(11)16(18)19/h3-6,9-10,14H,7-8H2,1-2H3. The van der Waals surface area contributed by atoms with Gasteiger partial charge in [0.15, 0.2) is 0 Å². The van der Waals surface area contributed by atoms with E-state index in [-0.39, 0.29) is 29.2 Å². The Bertz CT molecular complexity index is 504. The topological polar surface area (TPSA) is 75.5 Å². The SMILES string of the molecule is CC1CN(C(=O)c2ccccc2[N+](=O)[O-])C(C)CN1. The second kappa shape index (κ2) is 5.36. The zero-order valence-electron chi connectivity index (χ0n) is 11.0. The number of benzene rings is 1. The van der Waals surface area contributed by atoms with Crippen molar-refractivity contribution in [2.45, 2.75) is 25.9 Å². The minimum atomic E-state index is -0.510. The first kappa shape index (κ1) is 13.5. The van der Waals surface area contributed by atoms with Gasteiger partial charge in [-0.05, 0) is 19.9 Å². The summed E-state index contributed by atoms with van der Waals surface area (Å²) >= 11 is 0. The van der Waals surface area contributed by atoms with E-state index < -0.39 is 4.92 Å². The molecular formula is C13H17N3O3. The molecule has 2 atom stereocenters. The molecule has 2 rings (SSSR count). The third-order valence-electron chi connectivity index (χ3n) is 3.36. The molecule has 1 aliphatic heterocycles. The fourth-order valence-electron chi connectivity index (χ4n) is 2.27. The van der Waals surface area contributed by atoms with E-state index in [1.165, 1.54) is 12.1 Å². The van der Waals surface area contributed by atoms with Gasteiger partial charge in [-0.3, -0.25) is 14.9 Å². The average Bonchev–Trinajstić information content (AvgIpc) is 2.40. The van der Waals surface area contributed by atoms with Crippen molar-refractivity contribution < 1.29 is 9.72 Å². The number of para-hydroxylation sites is 1. The molecule has 1 amide bonds. The van der Waals surface area contributed by atoms with Crippen LogP contribution in [0.4, 0.5) is 5.69 Å². The predicted octanol–water partition coefficient (Wildman–Crippen LogP) is 1.42. The molecule has 2 unspecified atom stereocenters. The molecule has 1 N–H and O–H groups in total. The zero-order chi connectivity index (χ0) is 14.0. The first-order valence-electron chi connectivity index (χ1n) is 6.28. The monoisotopic (exact) mass is 263 g/mol. The fraction of sp³-hybridized carbons (Fsp3) is 0.462. The molecule has 1 aromatic rings. The molecule has 1 fully saturated rings. The molecule has 6 heteroatoms. The van der Waals surface area contributed by atoms with Gasteiger partial charge in [0.2, 0.25) is 0 Å². The number of rotatable bonds is 2. The van der Waals surface area contributed by atoms with Crippen molar-refractivity contribution in [1.82, 2.24) is 10.2 Å². The van der Waals surface area contributed by atoms with Gasteiger partial charge in [0, 0.05) is 31.2 Å². The van der Waals surface area contributed by atoms with Crippen molar-refractivity contribution in [3.05, 3.63) is 39.9 Å². The van der Waals surface area contributed by atoms with E-state index in [1.54, 1.807) is 17.0 Å². The maximum absolute atomic E-state index is 12.5. The highest BCUT2D eigenvalue weighted by atomic mass is 16.6. The van der Waals surface area contributed by atoms with Crippen molar-refractivity contribution in [1.29, 1.82) is 0 Å². The van der Waals surface area contributed by atoms with E-state index in [9.17, 15) is 14.9 Å². The Morgan fingerprint density at radius 3 is 2.79 bits per heavy atom. The van der Waals surface area contributed by atoms with Crippen LogP contribution in [0.1, 0.15) is 24.2 Å². The predicted molar refractivity (Wildman–Crippen MR) is 71.1 cm³/mol. The van der Waals surface area contributed by atoms with Gasteiger partial charge in [-0.1, -0.05) is 12.1 Å². The number of carbonyl (C=O) groups excluding carboxylic acids is 1. The summed E-state index contributed by atoms with van der Waals surface area (Å²) in [5, 5.41) is 14.3. The maximum Gasteiger partial charge on any atom is 0.282 e. The van der Waals surface area contributed by atoms with Crippen LogP contribution in [-0.4, -0.2) is 40.9 Å². The number of nitrogens with one attached hydrogen (secondary N) is 1. The second-order valence-corrected chi connectivity index (χ2v) is 4.89. The summed E-state index contributed by atoms with van der Waals surface area (Å²) in [6.07, 6.45) is 0. The van der Waals surface area contributed by atoms with Crippen LogP contribution in [0.3, 0.4) is 0 Å². The summed E-state index contributed by atoms with van der Waals surface area (Å²) in [6, 6.07) is 6.32. The minimum Gasteiger partial charge on any atom is -0.333 e. The Balaban J connectivity index is 2.31. The largest absolute Gasteiger partial charge is 0.333 e. The maximum atomic E-state index is 12.5. The van der Waals surface area contributed by atoms with Crippen LogP contribution in [0, 0.1) is 10.1 Å². The van der Waals surface area contributed by atoms with Gasteiger partial charge in [-0.25, -0.2) is 0 Å². The Hall–Kier alpha value is -1.95. The Kier molecular flexibility index (Phi) is 3.80. The highest BCUT2D eigenvalue weighted by molar-refractivity contribution is 5.98. The van der Waals surface area contributed by atoms with E-state index in [0.717, 1.165) is 0 Å². The lowest BCUT2D eigenvalue weighted by Crippen LogP contribution is -2.56. The smallest absolute Gasteiger partial charge is 0.282 e. The molecule has 0 aromatic heterocycles. The quantitative estimate of drug-likeness (QED) is 0.646. The van der Waals surface area contributed by atoms with Crippen LogP contribution in [0.15, 0.2) is 24.3 Å². The van der Waals surface area contributed by atoms with E-state index in [2.05, 4.69) is 5.32 Å². The summed E-state index contributed by atoms with van der Waals surface area (Å²) in [6.45, 7) is 5.19. The summed E-state index contributed by atoms with van der Waals surface area (Å²) in [7, 11) is 0. The van der Waals surface area contributed by atoms with Crippen molar-refractivity contribution >= 4 is 11.6 Å². The molecular weight excluding hydrogens is 246 g/mol. The van der Waals surface area contributed by atoms with Crippen LogP contribution in [-0.2, 0) is 0 Å².